The minimum absolute atomic E-state index is 0.243. The number of fused-ring (bicyclic) bond motifs is 3. The Bertz CT molecular complexity index is 1400. The van der Waals surface area contributed by atoms with Crippen molar-refractivity contribution < 1.29 is 14.3 Å². The monoisotopic (exact) mass is 445 g/mol. The van der Waals surface area contributed by atoms with E-state index in [0.717, 1.165) is 11.3 Å². The molecule has 0 unspecified atom stereocenters. The number of carbonyl (C=O) groups excluding carboxylic acids is 2. The largest absolute Gasteiger partial charge is 0.465 e. The van der Waals surface area contributed by atoms with E-state index in [9.17, 15) is 14.4 Å². The van der Waals surface area contributed by atoms with E-state index in [4.69, 9.17) is 28.6 Å². The number of nitrogens with zero attached hydrogens (tertiary/aromatic N) is 1. The first-order valence-electron chi connectivity index (χ1n) is 8.26. The zero-order chi connectivity index (χ0) is 20.7. The maximum absolute atomic E-state index is 12.8. The molecule has 7 nitrogen and oxygen atoms in total. The standard InChI is InChI=1S/C19H12ClN3O4S2/c1-27-18(26)9-2-7-12-13(8-9)23-15(22-16(12)24)14(29-19(23)28)17(25)21-11-5-3-10(20)4-6-11/h2-8H,1H3,(H,21,25)(H,22,24). The van der Waals surface area contributed by atoms with Crippen molar-refractivity contribution in [3.8, 4) is 0 Å². The lowest BCUT2D eigenvalue weighted by Gasteiger charge is -2.06. The molecule has 0 saturated carbocycles. The number of carbonyl (C=O) groups is 2. The molecule has 29 heavy (non-hydrogen) atoms. The van der Waals surface area contributed by atoms with Crippen LogP contribution in [0.15, 0.2) is 47.3 Å². The van der Waals surface area contributed by atoms with E-state index in [1.807, 2.05) is 0 Å². The number of esters is 1. The van der Waals surface area contributed by atoms with Gasteiger partial charge >= 0.3 is 5.97 Å². The van der Waals surface area contributed by atoms with E-state index >= 15 is 0 Å². The van der Waals surface area contributed by atoms with E-state index in [1.54, 1.807) is 28.7 Å². The van der Waals surface area contributed by atoms with Gasteiger partial charge < -0.3 is 15.0 Å². The minimum Gasteiger partial charge on any atom is -0.465 e. The van der Waals surface area contributed by atoms with Gasteiger partial charge in [-0.3, -0.25) is 14.0 Å². The van der Waals surface area contributed by atoms with Crippen molar-refractivity contribution >= 4 is 69.3 Å². The number of methoxy groups -OCH3 is 1. The molecule has 0 fully saturated rings. The Morgan fingerprint density at radius 3 is 2.62 bits per heavy atom. The number of H-pyrrole nitrogens is 1. The number of halogens is 1. The third-order valence-corrected chi connectivity index (χ3v) is 5.88. The van der Waals surface area contributed by atoms with Crippen molar-refractivity contribution in [1.82, 2.24) is 9.38 Å². The van der Waals surface area contributed by atoms with Gasteiger partial charge in [0.25, 0.3) is 11.5 Å². The summed E-state index contributed by atoms with van der Waals surface area (Å²) in [5.74, 6) is -0.965. The summed E-state index contributed by atoms with van der Waals surface area (Å²) in [7, 11) is 1.27. The first-order chi connectivity index (χ1) is 13.9. The van der Waals surface area contributed by atoms with E-state index in [-0.39, 0.29) is 16.1 Å². The van der Waals surface area contributed by atoms with Crippen LogP contribution in [-0.4, -0.2) is 28.4 Å². The Morgan fingerprint density at radius 1 is 1.21 bits per heavy atom. The number of anilines is 1. The van der Waals surface area contributed by atoms with Gasteiger partial charge in [-0.25, -0.2) is 4.79 Å². The molecule has 4 rings (SSSR count). The fraction of sp³-hybridized carbons (Fsp3) is 0.0526. The van der Waals surface area contributed by atoms with Crippen molar-refractivity contribution in [2.24, 2.45) is 0 Å². The topological polar surface area (TPSA) is 92.7 Å². The van der Waals surface area contributed by atoms with Gasteiger partial charge in [0, 0.05) is 10.7 Å². The van der Waals surface area contributed by atoms with Crippen LogP contribution in [0.25, 0.3) is 16.6 Å². The van der Waals surface area contributed by atoms with Gasteiger partial charge in [-0.2, -0.15) is 0 Å². The van der Waals surface area contributed by atoms with Gasteiger partial charge in [0.05, 0.1) is 23.6 Å². The summed E-state index contributed by atoms with van der Waals surface area (Å²) in [5, 5.41) is 3.64. The Balaban J connectivity index is 1.89. The molecule has 2 heterocycles. The predicted octanol–water partition coefficient (Wildman–Crippen LogP) is 4.26. The van der Waals surface area contributed by atoms with E-state index < -0.39 is 17.4 Å². The normalized spacial score (nSPS) is 11.0. The number of amides is 1. The summed E-state index contributed by atoms with van der Waals surface area (Å²) in [5.41, 5.74) is 1.09. The van der Waals surface area contributed by atoms with E-state index in [0.29, 0.717) is 25.6 Å². The lowest BCUT2D eigenvalue weighted by atomic mass is 10.1. The SMILES string of the molecule is COC(=O)c1ccc2c(=O)[nH]c3c(C(=O)Nc4ccc(Cl)cc4)sc(=S)n3c2c1. The van der Waals surface area contributed by atoms with Crippen molar-refractivity contribution in [3.63, 3.8) is 0 Å². The molecule has 0 bridgehead atoms. The molecule has 0 saturated heterocycles. The molecule has 2 N–H and O–H groups in total. The number of hydrogen-bond donors (Lipinski definition) is 2. The summed E-state index contributed by atoms with van der Waals surface area (Å²) in [6, 6.07) is 11.2. The molecule has 1 amide bonds. The molecule has 4 aromatic rings. The van der Waals surface area contributed by atoms with Gasteiger partial charge in [0.15, 0.2) is 3.95 Å². The molecule has 2 aromatic carbocycles. The highest BCUT2D eigenvalue weighted by molar-refractivity contribution is 7.73. The summed E-state index contributed by atoms with van der Waals surface area (Å²) in [4.78, 5) is 40.2. The molecule has 0 atom stereocenters. The van der Waals surface area contributed by atoms with Crippen LogP contribution in [-0.2, 0) is 4.74 Å². The first kappa shape index (κ1) is 19.3. The zero-order valence-electron chi connectivity index (χ0n) is 14.8. The molecule has 0 aliphatic carbocycles. The van der Waals surface area contributed by atoms with Crippen molar-refractivity contribution in [3.05, 3.63) is 72.2 Å². The van der Waals surface area contributed by atoms with Crippen LogP contribution in [0, 0.1) is 3.95 Å². The second kappa shape index (κ2) is 7.43. The van der Waals surface area contributed by atoms with Crippen LogP contribution in [0.4, 0.5) is 5.69 Å². The molecule has 0 aliphatic heterocycles. The average Bonchev–Trinajstić information content (AvgIpc) is 3.05. The van der Waals surface area contributed by atoms with Crippen molar-refractivity contribution in [1.29, 1.82) is 0 Å². The Hall–Kier alpha value is -3.01. The molecule has 0 spiro atoms. The predicted molar refractivity (Wildman–Crippen MR) is 115 cm³/mol. The zero-order valence-corrected chi connectivity index (χ0v) is 17.2. The Morgan fingerprint density at radius 2 is 1.93 bits per heavy atom. The molecular formula is C19H12ClN3O4S2. The number of rotatable bonds is 3. The van der Waals surface area contributed by atoms with Crippen LogP contribution in [0.1, 0.15) is 20.0 Å². The maximum Gasteiger partial charge on any atom is 0.337 e. The maximum atomic E-state index is 12.8. The highest BCUT2D eigenvalue weighted by Gasteiger charge is 2.19. The number of ether oxygens (including phenoxy) is 1. The number of aromatic nitrogens is 2. The Kier molecular flexibility index (Phi) is 4.95. The third kappa shape index (κ3) is 3.44. The third-order valence-electron chi connectivity index (χ3n) is 4.26. The van der Waals surface area contributed by atoms with Gasteiger partial charge in [-0.1, -0.05) is 22.9 Å². The Labute approximate surface area is 177 Å². The second-order valence-electron chi connectivity index (χ2n) is 6.02. The smallest absolute Gasteiger partial charge is 0.337 e. The quantitative estimate of drug-likeness (QED) is 0.363. The lowest BCUT2D eigenvalue weighted by Crippen LogP contribution is -2.15. The van der Waals surface area contributed by atoms with Gasteiger partial charge in [-0.15, -0.1) is 0 Å². The van der Waals surface area contributed by atoms with Crippen LogP contribution >= 0.6 is 35.2 Å². The van der Waals surface area contributed by atoms with Crippen LogP contribution in [0.3, 0.4) is 0 Å². The fourth-order valence-electron chi connectivity index (χ4n) is 2.91. The molecule has 0 aliphatic rings. The molecule has 2 aromatic heterocycles. The summed E-state index contributed by atoms with van der Waals surface area (Å²) in [6.07, 6.45) is 0. The number of benzene rings is 2. The van der Waals surface area contributed by atoms with Crippen molar-refractivity contribution in [2.75, 3.05) is 12.4 Å². The van der Waals surface area contributed by atoms with Crippen LogP contribution in [0.5, 0.6) is 0 Å². The van der Waals surface area contributed by atoms with Crippen LogP contribution < -0.4 is 10.9 Å². The number of thiazole rings is 1. The van der Waals surface area contributed by atoms with E-state index in [2.05, 4.69) is 10.3 Å². The molecule has 0 radical (unpaired) electrons. The van der Waals surface area contributed by atoms with Crippen molar-refractivity contribution in [2.45, 2.75) is 0 Å². The highest BCUT2D eigenvalue weighted by atomic mass is 35.5. The number of hydrogen-bond acceptors (Lipinski definition) is 6. The molecular weight excluding hydrogens is 434 g/mol. The van der Waals surface area contributed by atoms with Crippen LogP contribution in [0.2, 0.25) is 5.02 Å². The first-order valence-corrected chi connectivity index (χ1v) is 9.86. The number of aromatic amines is 1. The second-order valence-corrected chi connectivity index (χ2v) is 8.10. The lowest BCUT2D eigenvalue weighted by molar-refractivity contribution is 0.0600. The summed E-state index contributed by atoms with van der Waals surface area (Å²) in [6.45, 7) is 0. The minimum atomic E-state index is -0.539. The fourth-order valence-corrected chi connectivity index (χ4v) is 4.31. The summed E-state index contributed by atoms with van der Waals surface area (Å²) >= 11 is 12.3. The van der Waals surface area contributed by atoms with E-state index in [1.165, 1.54) is 25.3 Å². The van der Waals surface area contributed by atoms with Gasteiger partial charge in [0.2, 0.25) is 0 Å². The van der Waals surface area contributed by atoms with Gasteiger partial charge in [0.1, 0.15) is 10.5 Å². The molecule has 10 heteroatoms. The average molecular weight is 446 g/mol. The van der Waals surface area contributed by atoms with Gasteiger partial charge in [-0.05, 0) is 54.7 Å². The molecule has 146 valence electrons. The summed E-state index contributed by atoms with van der Waals surface area (Å²) < 4.78 is 6.67. The number of nitrogens with one attached hydrogen (secondary N) is 2. The highest BCUT2D eigenvalue weighted by Crippen LogP contribution is 2.25.